The highest BCUT2D eigenvalue weighted by atomic mass is 32.1. The molecule has 0 radical (unpaired) electrons. The van der Waals surface area contributed by atoms with E-state index in [1.54, 1.807) is 13.8 Å². The van der Waals surface area contributed by atoms with Gasteiger partial charge in [0.05, 0.1) is 12.3 Å². The smallest absolute Gasteiger partial charge is 0.341 e. The van der Waals surface area contributed by atoms with Crippen LogP contribution in [0.15, 0.2) is 28.4 Å². The average molecular weight is 467 g/mol. The number of nitriles is 1. The van der Waals surface area contributed by atoms with E-state index in [-0.39, 0.29) is 12.1 Å². The van der Waals surface area contributed by atoms with Crippen LogP contribution in [0.1, 0.15) is 86.2 Å². The largest absolute Gasteiger partial charge is 0.462 e. The zero-order valence-corrected chi connectivity index (χ0v) is 21.2. The number of nitrogens with zero attached hydrogens (tertiary/aromatic N) is 4. The Bertz CT molecular complexity index is 1060. The summed E-state index contributed by atoms with van der Waals surface area (Å²) in [6.07, 6.45) is 7.33. The third kappa shape index (κ3) is 5.62. The molecule has 0 atom stereocenters. The third-order valence-corrected chi connectivity index (χ3v) is 7.24. The van der Waals surface area contributed by atoms with Crippen molar-refractivity contribution in [2.45, 2.75) is 78.7 Å². The first kappa shape index (κ1) is 24.9. The number of rotatable bonds is 10. The van der Waals surface area contributed by atoms with Gasteiger partial charge in [0.25, 0.3) is 0 Å². The molecule has 0 amide bonds. The summed E-state index contributed by atoms with van der Waals surface area (Å²) in [7, 11) is 0. The number of anilines is 1. The lowest BCUT2D eigenvalue weighted by molar-refractivity contribution is 0.0527. The van der Waals surface area contributed by atoms with Gasteiger partial charge in [0, 0.05) is 17.8 Å². The normalized spacial score (nSPS) is 14.5. The molecule has 2 aromatic rings. The quantitative estimate of drug-likeness (QED) is 0.205. The molecule has 7 heteroatoms. The summed E-state index contributed by atoms with van der Waals surface area (Å²) in [5, 5.41) is 18.5. The summed E-state index contributed by atoms with van der Waals surface area (Å²) in [6.45, 7) is 11.7. The molecule has 1 aromatic carbocycles. The summed E-state index contributed by atoms with van der Waals surface area (Å²) in [5.74, 6) is -0.466. The van der Waals surface area contributed by atoms with Gasteiger partial charge in [0.15, 0.2) is 5.00 Å². The molecule has 6 nitrogen and oxygen atoms in total. The minimum atomic E-state index is -0.466. The molecule has 1 aliphatic rings. The third-order valence-electron chi connectivity index (χ3n) is 6.16. The minimum Gasteiger partial charge on any atom is -0.462 e. The minimum absolute atomic E-state index is 0.0759. The molecule has 0 saturated carbocycles. The van der Waals surface area contributed by atoms with Crippen LogP contribution in [-0.2, 0) is 11.2 Å². The van der Waals surface area contributed by atoms with Crippen LogP contribution in [0.25, 0.3) is 0 Å². The van der Waals surface area contributed by atoms with Crippen molar-refractivity contribution < 1.29 is 9.53 Å². The molecule has 0 bridgehead atoms. The van der Waals surface area contributed by atoms with E-state index in [0.29, 0.717) is 21.0 Å². The van der Waals surface area contributed by atoms with Crippen molar-refractivity contribution in [3.63, 3.8) is 0 Å². The van der Waals surface area contributed by atoms with E-state index in [2.05, 4.69) is 54.1 Å². The number of azo groups is 1. The molecule has 2 heterocycles. The van der Waals surface area contributed by atoms with Crippen LogP contribution in [0.5, 0.6) is 0 Å². The van der Waals surface area contributed by atoms with Crippen LogP contribution in [0.4, 0.5) is 16.4 Å². The number of carbonyl (C=O) groups excluding carboxylic acids is 1. The second-order valence-electron chi connectivity index (χ2n) is 9.14. The summed E-state index contributed by atoms with van der Waals surface area (Å²) in [5.41, 5.74) is 4.30. The van der Waals surface area contributed by atoms with Crippen LogP contribution < -0.4 is 4.90 Å². The van der Waals surface area contributed by atoms with Crippen molar-refractivity contribution in [2.75, 3.05) is 18.1 Å². The van der Waals surface area contributed by atoms with Gasteiger partial charge >= 0.3 is 5.97 Å². The molecule has 0 fully saturated rings. The molecule has 3 rings (SSSR count). The zero-order chi connectivity index (χ0) is 24.0. The van der Waals surface area contributed by atoms with Crippen LogP contribution in [0, 0.1) is 18.3 Å². The van der Waals surface area contributed by atoms with E-state index in [4.69, 9.17) is 4.74 Å². The Hall–Kier alpha value is -2.72. The van der Waals surface area contributed by atoms with Crippen molar-refractivity contribution in [2.24, 2.45) is 10.2 Å². The van der Waals surface area contributed by atoms with Gasteiger partial charge in [-0.05, 0) is 69.9 Å². The molecule has 0 saturated heterocycles. The Morgan fingerprint density at radius 2 is 1.97 bits per heavy atom. The first-order valence-corrected chi connectivity index (χ1v) is 12.7. The molecule has 1 aliphatic heterocycles. The maximum absolute atomic E-state index is 12.4. The molecule has 0 aliphatic carbocycles. The number of thiophene rings is 1. The van der Waals surface area contributed by atoms with E-state index in [1.807, 2.05) is 6.07 Å². The fourth-order valence-electron chi connectivity index (χ4n) is 4.45. The molecular weight excluding hydrogens is 432 g/mol. The lowest BCUT2D eigenvalue weighted by Gasteiger charge is -2.34. The summed E-state index contributed by atoms with van der Waals surface area (Å²) >= 11 is 1.17. The van der Waals surface area contributed by atoms with Crippen molar-refractivity contribution >= 4 is 33.7 Å². The number of carbonyl (C=O) groups is 1. The van der Waals surface area contributed by atoms with Gasteiger partial charge in [-0.3, -0.25) is 0 Å². The summed E-state index contributed by atoms with van der Waals surface area (Å²) < 4.78 is 5.16. The Labute approximate surface area is 201 Å². The van der Waals surface area contributed by atoms with Crippen molar-refractivity contribution in [3.8, 4) is 6.07 Å². The number of fused-ring (bicyclic) bond motifs is 1. The van der Waals surface area contributed by atoms with Gasteiger partial charge < -0.3 is 9.64 Å². The standard InChI is InChI=1S/C26H34N4O2S/c1-6-8-9-10-11-14-30-21-13-12-20(15-19(21)16-26(30,4)5)28-29-24-23(25(31)32-7-2)18(3)22(17-27)33-24/h12-13,15H,6-11,14,16H2,1-5H3. The molecule has 33 heavy (non-hydrogen) atoms. The highest BCUT2D eigenvalue weighted by Crippen LogP contribution is 2.41. The van der Waals surface area contributed by atoms with Crippen LogP contribution in [0.3, 0.4) is 0 Å². The average Bonchev–Trinajstić information content (AvgIpc) is 3.23. The van der Waals surface area contributed by atoms with Gasteiger partial charge in [-0.1, -0.05) is 32.6 Å². The van der Waals surface area contributed by atoms with E-state index < -0.39 is 5.97 Å². The topological polar surface area (TPSA) is 78.0 Å². The predicted octanol–water partition coefficient (Wildman–Crippen LogP) is 7.63. The number of hydrogen-bond donors (Lipinski definition) is 0. The monoisotopic (exact) mass is 466 g/mol. The molecule has 176 valence electrons. The number of unbranched alkanes of at least 4 members (excludes halogenated alkanes) is 4. The van der Waals surface area contributed by atoms with E-state index in [9.17, 15) is 10.1 Å². The molecule has 1 aromatic heterocycles. The van der Waals surface area contributed by atoms with Crippen molar-refractivity contribution in [1.82, 2.24) is 0 Å². The van der Waals surface area contributed by atoms with Crippen LogP contribution in [0.2, 0.25) is 0 Å². The first-order valence-electron chi connectivity index (χ1n) is 11.8. The molecular formula is C26H34N4O2S. The number of esters is 1. The summed E-state index contributed by atoms with van der Waals surface area (Å²) in [4.78, 5) is 15.4. The molecule has 0 unspecified atom stereocenters. The SMILES string of the molecule is CCCCCCCN1c2ccc(N=Nc3sc(C#N)c(C)c3C(=O)OCC)cc2CC1(C)C. The van der Waals surface area contributed by atoms with Gasteiger partial charge in [-0.25, -0.2) is 4.79 Å². The second kappa shape index (κ2) is 10.9. The number of benzene rings is 1. The number of hydrogen-bond acceptors (Lipinski definition) is 7. The van der Waals surface area contributed by atoms with Crippen LogP contribution >= 0.6 is 11.3 Å². The lowest BCUT2D eigenvalue weighted by Crippen LogP contribution is -2.41. The van der Waals surface area contributed by atoms with Gasteiger partial charge in [0.1, 0.15) is 16.5 Å². The van der Waals surface area contributed by atoms with Gasteiger partial charge in [0.2, 0.25) is 0 Å². The Morgan fingerprint density at radius 1 is 1.21 bits per heavy atom. The highest BCUT2D eigenvalue weighted by Gasteiger charge is 2.35. The first-order chi connectivity index (χ1) is 15.8. The molecule has 0 spiro atoms. The fourth-order valence-corrected chi connectivity index (χ4v) is 5.36. The predicted molar refractivity (Wildman–Crippen MR) is 134 cm³/mol. The maximum atomic E-state index is 12.4. The van der Waals surface area contributed by atoms with Crippen molar-refractivity contribution in [3.05, 3.63) is 39.8 Å². The zero-order valence-electron chi connectivity index (χ0n) is 20.4. The van der Waals surface area contributed by atoms with Gasteiger partial charge in [-0.2, -0.15) is 5.26 Å². The van der Waals surface area contributed by atoms with E-state index in [1.165, 1.54) is 54.7 Å². The fraction of sp³-hybridized carbons (Fsp3) is 0.538. The Balaban J connectivity index is 1.80. The lowest BCUT2D eigenvalue weighted by atomic mass is 9.99. The van der Waals surface area contributed by atoms with Crippen molar-refractivity contribution in [1.29, 1.82) is 5.26 Å². The Kier molecular flexibility index (Phi) is 8.25. The highest BCUT2D eigenvalue weighted by molar-refractivity contribution is 7.16. The Morgan fingerprint density at radius 3 is 2.67 bits per heavy atom. The van der Waals surface area contributed by atoms with E-state index in [0.717, 1.165) is 18.7 Å². The van der Waals surface area contributed by atoms with E-state index >= 15 is 0 Å². The maximum Gasteiger partial charge on any atom is 0.341 e. The van der Waals surface area contributed by atoms with Gasteiger partial charge in [-0.15, -0.1) is 21.6 Å². The number of ether oxygens (including phenoxy) is 1. The second-order valence-corrected chi connectivity index (χ2v) is 10.1. The molecule has 0 N–H and O–H groups in total. The van der Waals surface area contributed by atoms with Crippen LogP contribution in [-0.4, -0.2) is 24.7 Å². The summed E-state index contributed by atoms with van der Waals surface area (Å²) in [6, 6.07) is 8.33.